The van der Waals surface area contributed by atoms with Crippen molar-refractivity contribution >= 4 is 29.9 Å². The molecule has 0 aromatic rings. The number of ether oxygens (including phenoxy) is 1. The van der Waals surface area contributed by atoms with Crippen LogP contribution in [0.25, 0.3) is 0 Å². The summed E-state index contributed by atoms with van der Waals surface area (Å²) in [6.45, 7) is 15.9. The second kappa shape index (κ2) is 11.6. The van der Waals surface area contributed by atoms with Gasteiger partial charge < -0.3 is 15.4 Å². The van der Waals surface area contributed by atoms with Crippen molar-refractivity contribution in [3.63, 3.8) is 0 Å². The van der Waals surface area contributed by atoms with Crippen LogP contribution in [0.15, 0.2) is 4.99 Å². The van der Waals surface area contributed by atoms with Gasteiger partial charge in [0, 0.05) is 24.5 Å². The number of nitrogens with one attached hydrogen (secondary N) is 2. The molecule has 0 spiro atoms. The molecule has 148 valence electrons. The van der Waals surface area contributed by atoms with Crippen LogP contribution >= 0.6 is 24.0 Å². The van der Waals surface area contributed by atoms with Gasteiger partial charge >= 0.3 is 0 Å². The smallest absolute Gasteiger partial charge is 0.191 e. The van der Waals surface area contributed by atoms with E-state index in [-0.39, 0.29) is 29.4 Å². The molecule has 2 heterocycles. The molecule has 0 amide bonds. The highest BCUT2D eigenvalue weighted by atomic mass is 127. The van der Waals surface area contributed by atoms with Crippen molar-refractivity contribution in [3.05, 3.63) is 0 Å². The van der Waals surface area contributed by atoms with E-state index in [4.69, 9.17) is 9.73 Å². The molecule has 2 saturated heterocycles. The standard InChI is InChI=1S/C19H38N4O.HI/c1-5-20-18(22-13-19(4)14-24-15-19)21-12-17(16(2)3)23-10-8-6-7-9-11-23;/h16-17H,5-15H2,1-4H3,(H2,20,21,22);1H. The quantitative estimate of drug-likeness (QED) is 0.344. The van der Waals surface area contributed by atoms with Crippen LogP contribution in [0.3, 0.4) is 0 Å². The van der Waals surface area contributed by atoms with Crippen LogP contribution in [-0.2, 0) is 4.74 Å². The van der Waals surface area contributed by atoms with Gasteiger partial charge in [0.05, 0.1) is 19.8 Å². The third kappa shape index (κ3) is 7.59. The number of hydrogen-bond donors (Lipinski definition) is 2. The van der Waals surface area contributed by atoms with Gasteiger partial charge in [-0.15, -0.1) is 24.0 Å². The molecule has 6 heteroatoms. The lowest BCUT2D eigenvalue weighted by Crippen LogP contribution is -2.50. The van der Waals surface area contributed by atoms with Gasteiger partial charge in [0.25, 0.3) is 0 Å². The maximum absolute atomic E-state index is 5.33. The van der Waals surface area contributed by atoms with Gasteiger partial charge in [-0.25, -0.2) is 0 Å². The summed E-state index contributed by atoms with van der Waals surface area (Å²) in [4.78, 5) is 7.49. The van der Waals surface area contributed by atoms with E-state index in [1.807, 2.05) is 0 Å². The Balaban J connectivity index is 0.00000312. The summed E-state index contributed by atoms with van der Waals surface area (Å²) in [5.41, 5.74) is 0.227. The number of nitrogens with zero attached hydrogens (tertiary/aromatic N) is 2. The first-order valence-corrected chi connectivity index (χ1v) is 9.88. The highest BCUT2D eigenvalue weighted by molar-refractivity contribution is 14.0. The molecule has 0 aliphatic carbocycles. The highest BCUT2D eigenvalue weighted by Crippen LogP contribution is 2.26. The molecular weight excluding hydrogens is 427 g/mol. The van der Waals surface area contributed by atoms with Gasteiger partial charge in [-0.1, -0.05) is 33.6 Å². The molecule has 1 atom stereocenters. The number of rotatable bonds is 7. The van der Waals surface area contributed by atoms with Crippen molar-refractivity contribution in [2.45, 2.75) is 59.4 Å². The predicted octanol–water partition coefficient (Wildman–Crippen LogP) is 3.10. The molecule has 0 bridgehead atoms. The van der Waals surface area contributed by atoms with Gasteiger partial charge in [-0.3, -0.25) is 9.89 Å². The Morgan fingerprint density at radius 1 is 1.12 bits per heavy atom. The Kier molecular flexibility index (Phi) is 10.6. The number of hydrogen-bond acceptors (Lipinski definition) is 3. The van der Waals surface area contributed by atoms with Gasteiger partial charge in [-0.2, -0.15) is 0 Å². The van der Waals surface area contributed by atoms with Crippen molar-refractivity contribution in [3.8, 4) is 0 Å². The van der Waals surface area contributed by atoms with Gasteiger partial charge in [-0.05, 0) is 38.8 Å². The Morgan fingerprint density at radius 3 is 2.24 bits per heavy atom. The summed E-state index contributed by atoms with van der Waals surface area (Å²) >= 11 is 0. The Hall–Kier alpha value is -0.0800. The average Bonchev–Trinajstić information content (AvgIpc) is 2.79. The van der Waals surface area contributed by atoms with E-state index in [1.165, 1.54) is 38.8 Å². The first-order valence-electron chi connectivity index (χ1n) is 9.88. The van der Waals surface area contributed by atoms with Crippen LogP contribution in [-0.4, -0.2) is 62.8 Å². The average molecular weight is 466 g/mol. The number of halogens is 1. The van der Waals surface area contributed by atoms with Crippen LogP contribution in [0.4, 0.5) is 0 Å². The Labute approximate surface area is 171 Å². The fraction of sp³-hybridized carbons (Fsp3) is 0.947. The lowest BCUT2D eigenvalue weighted by atomic mass is 9.89. The Bertz CT molecular complexity index is 391. The maximum Gasteiger partial charge on any atom is 0.191 e. The Morgan fingerprint density at radius 2 is 1.76 bits per heavy atom. The minimum atomic E-state index is 0. The molecule has 2 aliphatic rings. The van der Waals surface area contributed by atoms with Crippen LogP contribution < -0.4 is 10.6 Å². The molecule has 0 radical (unpaired) electrons. The molecular formula is C19H39IN4O. The molecule has 1 unspecified atom stereocenters. The fourth-order valence-corrected chi connectivity index (χ4v) is 3.57. The van der Waals surface area contributed by atoms with E-state index < -0.39 is 0 Å². The molecule has 0 aromatic carbocycles. The monoisotopic (exact) mass is 466 g/mol. The van der Waals surface area contributed by atoms with Crippen LogP contribution in [0.2, 0.25) is 0 Å². The fourth-order valence-electron chi connectivity index (χ4n) is 3.57. The SMILES string of the molecule is CCNC(=NCC1(C)COC1)NCC(C(C)C)N1CCCCCC1.I. The van der Waals surface area contributed by atoms with Gasteiger partial charge in [0.1, 0.15) is 0 Å². The summed E-state index contributed by atoms with van der Waals surface area (Å²) in [5.74, 6) is 1.60. The summed E-state index contributed by atoms with van der Waals surface area (Å²) in [7, 11) is 0. The van der Waals surface area contributed by atoms with Crippen LogP contribution in [0.1, 0.15) is 53.4 Å². The molecule has 2 rings (SSSR count). The van der Waals surface area contributed by atoms with Crippen LogP contribution in [0.5, 0.6) is 0 Å². The second-order valence-electron chi connectivity index (χ2n) is 8.14. The molecule has 2 aliphatic heterocycles. The summed E-state index contributed by atoms with van der Waals surface area (Å²) < 4.78 is 5.33. The molecule has 25 heavy (non-hydrogen) atoms. The second-order valence-corrected chi connectivity index (χ2v) is 8.14. The lowest BCUT2D eigenvalue weighted by Gasteiger charge is -2.37. The highest BCUT2D eigenvalue weighted by Gasteiger charge is 2.33. The van der Waals surface area contributed by atoms with Crippen molar-refractivity contribution in [1.29, 1.82) is 0 Å². The first kappa shape index (κ1) is 23.0. The largest absolute Gasteiger partial charge is 0.380 e. The zero-order valence-electron chi connectivity index (χ0n) is 16.6. The van der Waals surface area contributed by atoms with E-state index in [0.717, 1.165) is 38.8 Å². The third-order valence-electron chi connectivity index (χ3n) is 5.22. The lowest BCUT2D eigenvalue weighted by molar-refractivity contribution is -0.0945. The minimum absolute atomic E-state index is 0. The van der Waals surface area contributed by atoms with E-state index in [1.54, 1.807) is 0 Å². The van der Waals surface area contributed by atoms with Crippen LogP contribution in [0, 0.1) is 11.3 Å². The summed E-state index contributed by atoms with van der Waals surface area (Å²) in [6, 6.07) is 0.578. The molecule has 2 N–H and O–H groups in total. The molecule has 0 saturated carbocycles. The minimum Gasteiger partial charge on any atom is -0.380 e. The third-order valence-corrected chi connectivity index (χ3v) is 5.22. The number of likely N-dealkylation sites (tertiary alicyclic amines) is 1. The molecule has 2 fully saturated rings. The van der Waals surface area contributed by atoms with E-state index in [2.05, 4.69) is 43.2 Å². The summed E-state index contributed by atoms with van der Waals surface area (Å²) in [5, 5.41) is 6.99. The van der Waals surface area contributed by atoms with E-state index >= 15 is 0 Å². The topological polar surface area (TPSA) is 48.9 Å². The number of aliphatic imine (C=N–C) groups is 1. The van der Waals surface area contributed by atoms with Crippen molar-refractivity contribution < 1.29 is 4.74 Å². The maximum atomic E-state index is 5.33. The van der Waals surface area contributed by atoms with Gasteiger partial charge in [0.15, 0.2) is 5.96 Å². The zero-order valence-corrected chi connectivity index (χ0v) is 19.0. The normalized spacial score (nSPS) is 22.5. The first-order chi connectivity index (χ1) is 11.5. The van der Waals surface area contributed by atoms with Crippen molar-refractivity contribution in [2.24, 2.45) is 16.3 Å². The van der Waals surface area contributed by atoms with Crippen molar-refractivity contribution in [1.82, 2.24) is 15.5 Å². The van der Waals surface area contributed by atoms with E-state index in [9.17, 15) is 0 Å². The molecule has 5 nitrogen and oxygen atoms in total. The van der Waals surface area contributed by atoms with E-state index in [0.29, 0.717) is 12.0 Å². The van der Waals surface area contributed by atoms with Gasteiger partial charge in [0.2, 0.25) is 0 Å². The zero-order chi connectivity index (χ0) is 17.4. The predicted molar refractivity (Wildman–Crippen MR) is 117 cm³/mol. The number of guanidine groups is 1. The summed E-state index contributed by atoms with van der Waals surface area (Å²) in [6.07, 6.45) is 5.46. The van der Waals surface area contributed by atoms with Crippen molar-refractivity contribution in [2.75, 3.05) is 45.9 Å². The molecule has 0 aromatic heterocycles.